The summed E-state index contributed by atoms with van der Waals surface area (Å²) < 4.78 is 21.0. The summed E-state index contributed by atoms with van der Waals surface area (Å²) in [7, 11) is -1.65. The fourth-order valence-corrected chi connectivity index (χ4v) is 1.93. The Morgan fingerprint density at radius 2 is 2.64 bits per heavy atom. The third-order valence-corrected chi connectivity index (χ3v) is 2.99. The molecule has 2 unspecified atom stereocenters. The predicted molar refractivity (Wildman–Crippen MR) is 42.1 cm³/mol. The molecule has 0 aromatic heterocycles. The van der Waals surface area contributed by atoms with E-state index in [9.17, 15) is 4.57 Å². The van der Waals surface area contributed by atoms with Crippen LogP contribution < -0.4 is 0 Å². The van der Waals surface area contributed by atoms with Gasteiger partial charge in [-0.05, 0) is 0 Å². The van der Waals surface area contributed by atoms with Crippen LogP contribution in [0.5, 0.6) is 0 Å². The summed E-state index contributed by atoms with van der Waals surface area (Å²) >= 11 is 0. The van der Waals surface area contributed by atoms with E-state index < -0.39 is 13.7 Å². The van der Waals surface area contributed by atoms with Gasteiger partial charge in [0.1, 0.15) is 6.10 Å². The van der Waals surface area contributed by atoms with Gasteiger partial charge in [0, 0.05) is 19.3 Å². The molecule has 3 nitrogen and oxygen atoms in total. The van der Waals surface area contributed by atoms with Crippen molar-refractivity contribution in [1.82, 2.24) is 0 Å². The van der Waals surface area contributed by atoms with Crippen molar-refractivity contribution in [1.29, 1.82) is 0 Å². The maximum absolute atomic E-state index is 11.3. The van der Waals surface area contributed by atoms with Crippen LogP contribution in [0.1, 0.15) is 6.42 Å². The van der Waals surface area contributed by atoms with Gasteiger partial charge in [-0.2, -0.15) is 0 Å². The Morgan fingerprint density at radius 1 is 1.91 bits per heavy atom. The van der Waals surface area contributed by atoms with Gasteiger partial charge in [-0.3, -0.25) is 9.09 Å². The summed E-state index contributed by atoms with van der Waals surface area (Å²) in [4.78, 5) is 0. The monoisotopic (exact) mass is 172 g/mol. The molecule has 0 saturated heterocycles. The van der Waals surface area contributed by atoms with Gasteiger partial charge in [0.15, 0.2) is 0 Å². The zero-order chi connectivity index (χ0) is 8.32. The lowest BCUT2D eigenvalue weighted by atomic mass is 10.3. The van der Waals surface area contributed by atoms with E-state index in [1.165, 1.54) is 12.9 Å². The van der Waals surface area contributed by atoms with Crippen molar-refractivity contribution in [3.8, 4) is 12.3 Å². The molecule has 0 aromatic carbocycles. The predicted octanol–water partition coefficient (Wildman–Crippen LogP) is 1.76. The zero-order valence-corrected chi connectivity index (χ0v) is 7.08. The van der Waals surface area contributed by atoms with E-state index in [1.54, 1.807) is 6.08 Å². The summed E-state index contributed by atoms with van der Waals surface area (Å²) in [6, 6.07) is 0. The molecule has 0 saturated carbocycles. The number of hydrogen-bond acceptors (Lipinski definition) is 3. The third-order valence-electron chi connectivity index (χ3n) is 1.35. The second-order valence-electron chi connectivity index (χ2n) is 2.10. The van der Waals surface area contributed by atoms with E-state index in [2.05, 4.69) is 10.4 Å². The first-order valence-corrected chi connectivity index (χ1v) is 4.79. The first kappa shape index (κ1) is 8.55. The molecule has 1 aliphatic heterocycles. The molecule has 0 bridgehead atoms. The first-order chi connectivity index (χ1) is 5.20. The maximum atomic E-state index is 11.3. The molecule has 60 valence electrons. The van der Waals surface area contributed by atoms with Gasteiger partial charge in [0.05, 0.1) is 0 Å². The van der Waals surface area contributed by atoms with E-state index in [0.717, 1.165) is 0 Å². The van der Waals surface area contributed by atoms with Crippen molar-refractivity contribution < 1.29 is 13.6 Å². The van der Waals surface area contributed by atoms with Crippen LogP contribution in [-0.2, 0) is 13.6 Å². The molecule has 0 amide bonds. The molecular weight excluding hydrogens is 163 g/mol. The Morgan fingerprint density at radius 3 is 3.18 bits per heavy atom. The normalized spacial score (nSPS) is 36.5. The molecule has 4 heteroatoms. The van der Waals surface area contributed by atoms with Crippen LogP contribution in [0.15, 0.2) is 11.9 Å². The summed E-state index contributed by atoms with van der Waals surface area (Å²) in [6.45, 7) is 0. The van der Waals surface area contributed by atoms with Gasteiger partial charge in [0.25, 0.3) is 0 Å². The van der Waals surface area contributed by atoms with Crippen molar-refractivity contribution in [3.63, 3.8) is 0 Å². The van der Waals surface area contributed by atoms with E-state index in [-0.39, 0.29) is 0 Å². The minimum Gasteiger partial charge on any atom is -0.309 e. The van der Waals surface area contributed by atoms with Crippen molar-refractivity contribution in [2.45, 2.75) is 12.5 Å². The third kappa shape index (κ3) is 1.94. The lowest BCUT2D eigenvalue weighted by molar-refractivity contribution is 0.203. The van der Waals surface area contributed by atoms with Crippen LogP contribution in [0.3, 0.4) is 0 Å². The molecule has 2 atom stereocenters. The topological polar surface area (TPSA) is 35.5 Å². The van der Waals surface area contributed by atoms with E-state index >= 15 is 0 Å². The SMILES string of the molecule is C#CC1CC=CP(=O)(OC)O1. The van der Waals surface area contributed by atoms with Gasteiger partial charge in [-0.25, -0.2) is 0 Å². The van der Waals surface area contributed by atoms with Crippen LogP contribution in [0.2, 0.25) is 0 Å². The minimum atomic E-state index is -2.99. The summed E-state index contributed by atoms with van der Waals surface area (Å²) in [5.41, 5.74) is 0. The highest BCUT2D eigenvalue weighted by molar-refractivity contribution is 7.57. The molecule has 0 aromatic rings. The average Bonchev–Trinajstić information content (AvgIpc) is 2.05. The molecule has 1 heterocycles. The second kappa shape index (κ2) is 3.23. The largest absolute Gasteiger partial charge is 0.354 e. The van der Waals surface area contributed by atoms with Gasteiger partial charge in [0.2, 0.25) is 0 Å². The maximum Gasteiger partial charge on any atom is 0.354 e. The molecule has 11 heavy (non-hydrogen) atoms. The quantitative estimate of drug-likeness (QED) is 0.446. The zero-order valence-electron chi connectivity index (χ0n) is 6.19. The highest BCUT2D eigenvalue weighted by Crippen LogP contribution is 2.52. The van der Waals surface area contributed by atoms with Crippen LogP contribution >= 0.6 is 7.60 Å². The van der Waals surface area contributed by atoms with Gasteiger partial charge < -0.3 is 4.52 Å². The van der Waals surface area contributed by atoms with Crippen molar-refractivity contribution in [3.05, 3.63) is 11.9 Å². The van der Waals surface area contributed by atoms with Gasteiger partial charge in [-0.1, -0.05) is 12.0 Å². The molecular formula is C7H9O3P. The smallest absolute Gasteiger partial charge is 0.309 e. The standard InChI is InChI=1S/C7H9O3P/c1-3-7-5-4-6-11(8,9-2)10-7/h1,4,6-7H,5H2,2H3. The molecule has 0 fully saturated rings. The number of terminal acetylenes is 1. The fourth-order valence-electron chi connectivity index (χ4n) is 0.771. The average molecular weight is 172 g/mol. The minimum absolute atomic E-state index is 0.411. The molecule has 1 rings (SSSR count). The van der Waals surface area contributed by atoms with Crippen LogP contribution in [-0.4, -0.2) is 13.2 Å². The van der Waals surface area contributed by atoms with Gasteiger partial charge in [-0.15, -0.1) is 6.42 Å². The summed E-state index contributed by atoms with van der Waals surface area (Å²) in [6.07, 6.45) is 7.00. The Labute approximate surface area is 65.9 Å². The molecule has 1 aliphatic rings. The lowest BCUT2D eigenvalue weighted by Crippen LogP contribution is -2.10. The summed E-state index contributed by atoms with van der Waals surface area (Å²) in [5.74, 6) is 3.80. The van der Waals surface area contributed by atoms with Crippen molar-refractivity contribution in [2.75, 3.05) is 7.11 Å². The molecule has 0 aliphatic carbocycles. The Balaban J connectivity index is 2.76. The molecule has 0 spiro atoms. The molecule has 0 radical (unpaired) electrons. The Bertz CT molecular complexity index is 251. The van der Waals surface area contributed by atoms with Crippen molar-refractivity contribution >= 4 is 7.60 Å². The highest BCUT2D eigenvalue weighted by atomic mass is 31.2. The van der Waals surface area contributed by atoms with Crippen LogP contribution in [0.25, 0.3) is 0 Å². The first-order valence-electron chi connectivity index (χ1n) is 3.18. The van der Waals surface area contributed by atoms with Gasteiger partial charge >= 0.3 is 7.60 Å². The second-order valence-corrected chi connectivity index (χ2v) is 4.06. The van der Waals surface area contributed by atoms with E-state index in [4.69, 9.17) is 10.9 Å². The van der Waals surface area contributed by atoms with Crippen LogP contribution in [0.4, 0.5) is 0 Å². The number of hydrogen-bond donors (Lipinski definition) is 0. The summed E-state index contributed by atoms with van der Waals surface area (Å²) in [5, 5.41) is 0. The van der Waals surface area contributed by atoms with Crippen molar-refractivity contribution in [2.24, 2.45) is 0 Å². The van der Waals surface area contributed by atoms with E-state index in [1.807, 2.05) is 0 Å². The Kier molecular flexibility index (Phi) is 2.51. The fraction of sp³-hybridized carbons (Fsp3) is 0.429. The molecule has 0 N–H and O–H groups in total. The highest BCUT2D eigenvalue weighted by Gasteiger charge is 2.26. The van der Waals surface area contributed by atoms with Crippen LogP contribution in [0, 0.1) is 12.3 Å². The Hall–Kier alpha value is -0.550. The van der Waals surface area contributed by atoms with E-state index in [0.29, 0.717) is 6.42 Å². The number of rotatable bonds is 1. The lowest BCUT2D eigenvalue weighted by Gasteiger charge is -2.20.